The van der Waals surface area contributed by atoms with Gasteiger partial charge in [-0.3, -0.25) is 4.79 Å². The number of halogens is 2. The first-order valence-corrected chi connectivity index (χ1v) is 7.90. The van der Waals surface area contributed by atoms with Crippen LogP contribution in [0, 0.1) is 18.6 Å². The van der Waals surface area contributed by atoms with Gasteiger partial charge in [0.05, 0.1) is 12.1 Å². The predicted octanol–water partition coefficient (Wildman–Crippen LogP) is 2.49. The Labute approximate surface area is 138 Å². The number of hydrogen-bond acceptors (Lipinski definition) is 3. The van der Waals surface area contributed by atoms with Crippen LogP contribution in [0.25, 0.3) is 5.69 Å². The van der Waals surface area contributed by atoms with Crippen molar-refractivity contribution in [1.29, 1.82) is 0 Å². The maximum Gasteiger partial charge on any atom is 0.272 e. The molecule has 1 aliphatic rings. The molecule has 3 rings (SSSR count). The van der Waals surface area contributed by atoms with Gasteiger partial charge in [-0.2, -0.15) is 5.10 Å². The van der Waals surface area contributed by atoms with Crippen LogP contribution < -0.4 is 5.32 Å². The Kier molecular flexibility index (Phi) is 4.36. The summed E-state index contributed by atoms with van der Waals surface area (Å²) in [7, 11) is 0. The Balaban J connectivity index is 1.87. The molecule has 24 heavy (non-hydrogen) atoms. The Hall–Kier alpha value is -2.28. The van der Waals surface area contributed by atoms with E-state index in [2.05, 4.69) is 10.4 Å². The van der Waals surface area contributed by atoms with Crippen LogP contribution in [0.4, 0.5) is 8.78 Å². The van der Waals surface area contributed by atoms with Crippen LogP contribution in [0.2, 0.25) is 0 Å². The number of benzene rings is 1. The third kappa shape index (κ3) is 3.03. The van der Waals surface area contributed by atoms with Crippen LogP contribution >= 0.6 is 0 Å². The summed E-state index contributed by atoms with van der Waals surface area (Å²) in [6.45, 7) is 1.56. The fourth-order valence-electron chi connectivity index (χ4n) is 3.16. The van der Waals surface area contributed by atoms with Crippen LogP contribution in [0.15, 0.2) is 24.3 Å². The summed E-state index contributed by atoms with van der Waals surface area (Å²) in [6, 6.07) is 4.73. The van der Waals surface area contributed by atoms with Crippen molar-refractivity contribution >= 4 is 5.91 Å². The van der Waals surface area contributed by atoms with Crippen molar-refractivity contribution in [3.63, 3.8) is 0 Å². The van der Waals surface area contributed by atoms with E-state index in [0.29, 0.717) is 5.69 Å². The largest absolute Gasteiger partial charge is 0.394 e. The molecule has 1 heterocycles. The number of rotatable bonds is 4. The first kappa shape index (κ1) is 16.6. The maximum absolute atomic E-state index is 13.9. The van der Waals surface area contributed by atoms with E-state index in [1.54, 1.807) is 6.92 Å². The zero-order valence-corrected chi connectivity index (χ0v) is 13.4. The average molecular weight is 335 g/mol. The van der Waals surface area contributed by atoms with E-state index in [0.717, 1.165) is 37.8 Å². The highest BCUT2D eigenvalue weighted by atomic mass is 19.1. The van der Waals surface area contributed by atoms with Gasteiger partial charge in [0, 0.05) is 11.8 Å². The number of carbonyl (C=O) groups excluding carboxylic acids is 1. The van der Waals surface area contributed by atoms with E-state index in [1.807, 2.05) is 0 Å². The highest BCUT2D eigenvalue weighted by molar-refractivity contribution is 5.93. The number of carbonyl (C=O) groups is 1. The quantitative estimate of drug-likeness (QED) is 0.902. The fraction of sp³-hybridized carbons (Fsp3) is 0.412. The monoisotopic (exact) mass is 335 g/mol. The van der Waals surface area contributed by atoms with Crippen LogP contribution in [0.5, 0.6) is 0 Å². The number of nitrogens with one attached hydrogen (secondary N) is 1. The standard InChI is InChI=1S/C17H19F2N3O2/c1-11-8-14(16(24)20-17(10-23)6-2-3-7-17)21-22(11)15-5-4-12(18)9-13(15)19/h4-5,8-9,23H,2-3,6-7,10H2,1H3,(H,20,24). The molecule has 0 unspecified atom stereocenters. The Bertz CT molecular complexity index is 767. The molecule has 1 aliphatic carbocycles. The van der Waals surface area contributed by atoms with Crippen molar-refractivity contribution in [3.05, 3.63) is 47.3 Å². The molecule has 128 valence electrons. The molecular formula is C17H19F2N3O2. The lowest BCUT2D eigenvalue weighted by molar-refractivity contribution is 0.0833. The van der Waals surface area contributed by atoms with Crippen LogP contribution in [-0.2, 0) is 0 Å². The van der Waals surface area contributed by atoms with Gasteiger partial charge in [0.2, 0.25) is 0 Å². The van der Waals surface area contributed by atoms with Gasteiger partial charge < -0.3 is 10.4 Å². The SMILES string of the molecule is Cc1cc(C(=O)NC2(CO)CCCC2)nn1-c1ccc(F)cc1F. The van der Waals surface area contributed by atoms with E-state index in [1.165, 1.54) is 16.8 Å². The minimum Gasteiger partial charge on any atom is -0.394 e. The van der Waals surface area contributed by atoms with Crippen LogP contribution in [-0.4, -0.2) is 32.9 Å². The van der Waals surface area contributed by atoms with E-state index in [-0.39, 0.29) is 18.0 Å². The summed E-state index contributed by atoms with van der Waals surface area (Å²) in [5, 5.41) is 16.6. The Morgan fingerprint density at radius 3 is 2.67 bits per heavy atom. The number of amides is 1. The first-order chi connectivity index (χ1) is 11.4. The lowest BCUT2D eigenvalue weighted by atomic mass is 9.99. The molecule has 1 aromatic heterocycles. The van der Waals surface area contributed by atoms with Crippen molar-refractivity contribution in [2.75, 3.05) is 6.61 Å². The number of aryl methyl sites for hydroxylation is 1. The second-order valence-corrected chi connectivity index (χ2v) is 6.28. The zero-order valence-electron chi connectivity index (χ0n) is 13.4. The molecule has 0 spiro atoms. The molecule has 1 saturated carbocycles. The summed E-state index contributed by atoms with van der Waals surface area (Å²) in [4.78, 5) is 12.4. The fourth-order valence-corrected chi connectivity index (χ4v) is 3.16. The number of nitrogens with zero attached hydrogens (tertiary/aromatic N) is 2. The van der Waals surface area contributed by atoms with Gasteiger partial charge in [-0.05, 0) is 38.0 Å². The second kappa shape index (κ2) is 6.32. The number of aliphatic hydroxyl groups excluding tert-OH is 1. The minimum absolute atomic E-state index is 0.0747. The van der Waals surface area contributed by atoms with Gasteiger partial charge in [-0.1, -0.05) is 12.8 Å². The van der Waals surface area contributed by atoms with E-state index in [4.69, 9.17) is 0 Å². The smallest absolute Gasteiger partial charge is 0.272 e. The van der Waals surface area contributed by atoms with Gasteiger partial charge in [-0.25, -0.2) is 13.5 Å². The Morgan fingerprint density at radius 2 is 2.04 bits per heavy atom. The minimum atomic E-state index is -0.754. The summed E-state index contributed by atoms with van der Waals surface area (Å²) in [5.74, 6) is -1.84. The lowest BCUT2D eigenvalue weighted by Crippen LogP contribution is -2.49. The molecule has 0 bridgehead atoms. The molecule has 0 saturated heterocycles. The van der Waals surface area contributed by atoms with E-state index in [9.17, 15) is 18.7 Å². The van der Waals surface area contributed by atoms with Gasteiger partial charge >= 0.3 is 0 Å². The first-order valence-electron chi connectivity index (χ1n) is 7.90. The van der Waals surface area contributed by atoms with E-state index >= 15 is 0 Å². The van der Waals surface area contributed by atoms with Crippen molar-refractivity contribution in [1.82, 2.24) is 15.1 Å². The molecule has 1 aromatic carbocycles. The van der Waals surface area contributed by atoms with Gasteiger partial charge in [0.1, 0.15) is 11.5 Å². The number of aliphatic hydroxyl groups is 1. The summed E-state index contributed by atoms with van der Waals surface area (Å²) >= 11 is 0. The molecule has 0 aliphatic heterocycles. The van der Waals surface area contributed by atoms with Crippen molar-refractivity contribution < 1.29 is 18.7 Å². The molecule has 2 N–H and O–H groups in total. The van der Waals surface area contributed by atoms with Gasteiger partial charge in [-0.15, -0.1) is 0 Å². The predicted molar refractivity (Wildman–Crippen MR) is 84.0 cm³/mol. The molecule has 1 fully saturated rings. The van der Waals surface area contributed by atoms with Crippen molar-refractivity contribution in [2.24, 2.45) is 0 Å². The van der Waals surface area contributed by atoms with Crippen LogP contribution in [0.3, 0.4) is 0 Å². The summed E-state index contributed by atoms with van der Waals surface area (Å²) < 4.78 is 28.3. The molecule has 5 nitrogen and oxygen atoms in total. The van der Waals surface area contributed by atoms with Gasteiger partial charge in [0.25, 0.3) is 5.91 Å². The normalized spacial score (nSPS) is 16.3. The molecule has 2 aromatic rings. The molecule has 1 amide bonds. The summed E-state index contributed by atoms with van der Waals surface area (Å²) in [5.41, 5.74) is 0.160. The lowest BCUT2D eigenvalue weighted by Gasteiger charge is -2.27. The molecule has 0 radical (unpaired) electrons. The summed E-state index contributed by atoms with van der Waals surface area (Å²) in [6.07, 6.45) is 3.35. The molecular weight excluding hydrogens is 316 g/mol. The zero-order chi connectivity index (χ0) is 17.3. The molecule has 0 atom stereocenters. The van der Waals surface area contributed by atoms with Crippen LogP contribution in [0.1, 0.15) is 41.9 Å². The van der Waals surface area contributed by atoms with E-state index < -0.39 is 23.1 Å². The highest BCUT2D eigenvalue weighted by Gasteiger charge is 2.35. The van der Waals surface area contributed by atoms with Crippen molar-refractivity contribution in [3.8, 4) is 5.69 Å². The third-order valence-corrected chi connectivity index (χ3v) is 4.50. The Morgan fingerprint density at radius 1 is 1.33 bits per heavy atom. The number of hydrogen-bond donors (Lipinski definition) is 2. The number of aromatic nitrogens is 2. The second-order valence-electron chi connectivity index (χ2n) is 6.28. The molecule has 7 heteroatoms. The topological polar surface area (TPSA) is 67.2 Å². The van der Waals surface area contributed by atoms with Crippen molar-refractivity contribution in [2.45, 2.75) is 38.1 Å². The third-order valence-electron chi connectivity index (χ3n) is 4.50. The highest BCUT2D eigenvalue weighted by Crippen LogP contribution is 2.29. The average Bonchev–Trinajstić information content (AvgIpc) is 3.15. The van der Waals surface area contributed by atoms with Gasteiger partial charge in [0.15, 0.2) is 11.5 Å². The maximum atomic E-state index is 13.9.